The monoisotopic (exact) mass is 418 g/mol. The zero-order valence-corrected chi connectivity index (χ0v) is 16.9. The minimum Gasteiger partial charge on any atom is -0.374 e. The molecule has 3 rings (SSSR count). The fraction of sp³-hybridized carbons (Fsp3) is 0.200. The SMILES string of the molecule is CC(C)OCc1cnc2c(NC(=O)c3c(Cl)cccc3Cl)cccc2c1NN. The second-order valence-electron chi connectivity index (χ2n) is 6.42. The summed E-state index contributed by atoms with van der Waals surface area (Å²) in [6.07, 6.45) is 1.75. The summed E-state index contributed by atoms with van der Waals surface area (Å²) in [5, 5.41) is 4.14. The van der Waals surface area contributed by atoms with E-state index in [-0.39, 0.29) is 21.7 Å². The highest BCUT2D eigenvalue weighted by molar-refractivity contribution is 6.40. The second-order valence-corrected chi connectivity index (χ2v) is 7.23. The molecule has 0 spiro atoms. The van der Waals surface area contributed by atoms with Crippen LogP contribution in [-0.4, -0.2) is 17.0 Å². The van der Waals surface area contributed by atoms with Gasteiger partial charge in [-0.3, -0.25) is 15.6 Å². The Bertz CT molecular complexity index is 1000. The molecule has 1 heterocycles. The van der Waals surface area contributed by atoms with E-state index in [1.54, 1.807) is 30.5 Å². The Morgan fingerprint density at radius 2 is 1.86 bits per heavy atom. The Balaban J connectivity index is 2.00. The van der Waals surface area contributed by atoms with Crippen LogP contribution in [-0.2, 0) is 11.3 Å². The van der Waals surface area contributed by atoms with Crippen molar-refractivity contribution in [2.75, 3.05) is 10.7 Å². The van der Waals surface area contributed by atoms with Gasteiger partial charge in [0.1, 0.15) is 0 Å². The van der Waals surface area contributed by atoms with E-state index in [4.69, 9.17) is 33.8 Å². The number of fused-ring (bicyclic) bond motifs is 1. The van der Waals surface area contributed by atoms with Crippen LogP contribution in [0.25, 0.3) is 10.9 Å². The number of anilines is 2. The van der Waals surface area contributed by atoms with Gasteiger partial charge >= 0.3 is 0 Å². The maximum Gasteiger partial charge on any atom is 0.258 e. The fourth-order valence-corrected chi connectivity index (χ4v) is 3.37. The van der Waals surface area contributed by atoms with E-state index in [1.165, 1.54) is 0 Å². The van der Waals surface area contributed by atoms with Gasteiger partial charge in [-0.1, -0.05) is 41.4 Å². The number of ether oxygens (including phenoxy) is 1. The summed E-state index contributed by atoms with van der Waals surface area (Å²) in [6.45, 7) is 4.28. The van der Waals surface area contributed by atoms with Crippen molar-refractivity contribution in [2.45, 2.75) is 26.6 Å². The Morgan fingerprint density at radius 3 is 2.50 bits per heavy atom. The van der Waals surface area contributed by atoms with Gasteiger partial charge in [-0.05, 0) is 32.0 Å². The number of para-hydroxylation sites is 1. The molecule has 0 fully saturated rings. The van der Waals surface area contributed by atoms with Gasteiger partial charge in [0.25, 0.3) is 5.91 Å². The Hall–Kier alpha value is -2.38. The smallest absolute Gasteiger partial charge is 0.258 e. The topological polar surface area (TPSA) is 89.3 Å². The number of hydrogen-bond acceptors (Lipinski definition) is 5. The first kappa shape index (κ1) is 20.4. The Labute approximate surface area is 173 Å². The lowest BCUT2D eigenvalue weighted by Gasteiger charge is -2.16. The second kappa shape index (κ2) is 8.75. The average molecular weight is 419 g/mol. The highest BCUT2D eigenvalue weighted by Gasteiger charge is 2.17. The maximum atomic E-state index is 12.7. The van der Waals surface area contributed by atoms with E-state index < -0.39 is 5.91 Å². The van der Waals surface area contributed by atoms with Gasteiger partial charge in [0.05, 0.1) is 45.2 Å². The summed E-state index contributed by atoms with van der Waals surface area (Å²) in [5.41, 5.74) is 5.54. The van der Waals surface area contributed by atoms with Crippen LogP contribution in [0.15, 0.2) is 42.6 Å². The molecule has 3 aromatic rings. The molecule has 0 radical (unpaired) electrons. The first-order chi connectivity index (χ1) is 13.4. The standard InChI is InChI=1S/C20H20Cl2N4O2/c1-11(2)28-10-12-9-24-19-13(18(12)26-23)5-3-8-16(19)25-20(27)17-14(21)6-4-7-15(17)22/h3-9,11H,10,23H2,1-2H3,(H,24,26)(H,25,27). The number of hydrogen-bond donors (Lipinski definition) is 3. The third kappa shape index (κ3) is 4.20. The average Bonchev–Trinajstić information content (AvgIpc) is 2.65. The molecule has 1 amide bonds. The quantitative estimate of drug-likeness (QED) is 0.386. The maximum absolute atomic E-state index is 12.7. The molecule has 0 bridgehead atoms. The highest BCUT2D eigenvalue weighted by Crippen LogP contribution is 2.32. The van der Waals surface area contributed by atoms with Crippen molar-refractivity contribution in [1.82, 2.24) is 4.98 Å². The summed E-state index contributed by atoms with van der Waals surface area (Å²) in [7, 11) is 0. The lowest BCUT2D eigenvalue weighted by Crippen LogP contribution is -2.15. The highest BCUT2D eigenvalue weighted by atomic mass is 35.5. The van der Waals surface area contributed by atoms with Gasteiger partial charge in [-0.2, -0.15) is 0 Å². The third-order valence-electron chi connectivity index (χ3n) is 4.13. The van der Waals surface area contributed by atoms with Gasteiger partial charge in [0.15, 0.2) is 0 Å². The zero-order chi connectivity index (χ0) is 20.3. The lowest BCUT2D eigenvalue weighted by molar-refractivity contribution is 0.0659. The van der Waals surface area contributed by atoms with Crippen LogP contribution in [0.1, 0.15) is 29.8 Å². The number of carbonyl (C=O) groups excluding carboxylic acids is 1. The van der Waals surface area contributed by atoms with Crippen molar-refractivity contribution in [3.05, 3.63) is 63.8 Å². The molecule has 6 nitrogen and oxygen atoms in total. The predicted octanol–water partition coefficient (Wildman–Crippen LogP) is 5.00. The van der Waals surface area contributed by atoms with Crippen molar-refractivity contribution in [3.8, 4) is 0 Å². The third-order valence-corrected chi connectivity index (χ3v) is 4.76. The largest absolute Gasteiger partial charge is 0.374 e. The molecule has 0 aliphatic heterocycles. The fourth-order valence-electron chi connectivity index (χ4n) is 2.80. The summed E-state index contributed by atoms with van der Waals surface area (Å²) >= 11 is 12.3. The van der Waals surface area contributed by atoms with Crippen LogP contribution in [0.2, 0.25) is 10.0 Å². The van der Waals surface area contributed by atoms with Crippen molar-refractivity contribution >= 4 is 51.4 Å². The summed E-state index contributed by atoms with van der Waals surface area (Å²) in [4.78, 5) is 17.2. The number of nitrogen functional groups attached to an aromatic ring is 1. The molecule has 0 saturated heterocycles. The Kier molecular flexibility index (Phi) is 6.36. The molecule has 0 atom stereocenters. The van der Waals surface area contributed by atoms with Crippen molar-refractivity contribution in [1.29, 1.82) is 0 Å². The number of aromatic nitrogens is 1. The summed E-state index contributed by atoms with van der Waals surface area (Å²) < 4.78 is 5.66. The van der Waals surface area contributed by atoms with Crippen LogP contribution in [0.3, 0.4) is 0 Å². The minimum absolute atomic E-state index is 0.0762. The van der Waals surface area contributed by atoms with Crippen LogP contribution >= 0.6 is 23.2 Å². The molecular weight excluding hydrogens is 399 g/mol. The molecule has 146 valence electrons. The van der Waals surface area contributed by atoms with Gasteiger partial charge in [-0.15, -0.1) is 0 Å². The number of nitrogens with two attached hydrogens (primary N) is 1. The normalized spacial score (nSPS) is 11.1. The number of nitrogens with zero attached hydrogens (tertiary/aromatic N) is 1. The molecule has 8 heteroatoms. The first-order valence-corrected chi connectivity index (χ1v) is 9.42. The zero-order valence-electron chi connectivity index (χ0n) is 15.4. The molecule has 28 heavy (non-hydrogen) atoms. The van der Waals surface area contributed by atoms with Crippen LogP contribution in [0.4, 0.5) is 11.4 Å². The lowest BCUT2D eigenvalue weighted by atomic mass is 10.1. The summed E-state index contributed by atoms with van der Waals surface area (Å²) in [5.74, 6) is 5.33. The van der Waals surface area contributed by atoms with Gasteiger partial charge in [-0.25, -0.2) is 0 Å². The number of amides is 1. The van der Waals surface area contributed by atoms with Crippen LogP contribution in [0, 0.1) is 0 Å². The molecule has 0 aliphatic carbocycles. The number of benzene rings is 2. The van der Waals surface area contributed by atoms with E-state index >= 15 is 0 Å². The molecule has 0 aliphatic rings. The van der Waals surface area contributed by atoms with Gasteiger partial charge in [0, 0.05) is 17.1 Å². The number of carbonyl (C=O) groups is 1. The molecule has 4 N–H and O–H groups in total. The van der Waals surface area contributed by atoms with E-state index in [1.807, 2.05) is 26.0 Å². The van der Waals surface area contributed by atoms with E-state index in [0.29, 0.717) is 23.5 Å². The van der Waals surface area contributed by atoms with Crippen molar-refractivity contribution in [2.24, 2.45) is 5.84 Å². The van der Waals surface area contributed by atoms with E-state index in [2.05, 4.69) is 15.7 Å². The van der Waals surface area contributed by atoms with Crippen molar-refractivity contribution < 1.29 is 9.53 Å². The number of halogens is 2. The van der Waals surface area contributed by atoms with Gasteiger partial charge < -0.3 is 15.5 Å². The van der Waals surface area contributed by atoms with E-state index in [0.717, 1.165) is 10.9 Å². The molecule has 2 aromatic carbocycles. The molecule has 0 unspecified atom stereocenters. The summed E-state index contributed by atoms with van der Waals surface area (Å²) in [6, 6.07) is 10.3. The van der Waals surface area contributed by atoms with Crippen LogP contribution in [0.5, 0.6) is 0 Å². The number of hydrazine groups is 1. The molecular formula is C20H20Cl2N4O2. The minimum atomic E-state index is -0.417. The van der Waals surface area contributed by atoms with E-state index in [9.17, 15) is 4.79 Å². The number of rotatable bonds is 6. The molecule has 0 saturated carbocycles. The number of pyridine rings is 1. The number of nitrogens with one attached hydrogen (secondary N) is 2. The van der Waals surface area contributed by atoms with Crippen LogP contribution < -0.4 is 16.6 Å². The molecule has 1 aromatic heterocycles. The predicted molar refractivity (Wildman–Crippen MR) is 114 cm³/mol. The Morgan fingerprint density at radius 1 is 1.18 bits per heavy atom. The van der Waals surface area contributed by atoms with Crippen molar-refractivity contribution in [3.63, 3.8) is 0 Å². The van der Waals surface area contributed by atoms with Gasteiger partial charge in [0.2, 0.25) is 0 Å². The first-order valence-electron chi connectivity index (χ1n) is 8.66.